The smallest absolute Gasteiger partial charge is 0.263 e. The number of aryl methyl sites for hydroxylation is 1. The number of sulfonamides is 1. The number of ether oxygens (including phenoxy) is 1. The summed E-state index contributed by atoms with van der Waals surface area (Å²) in [4.78, 5) is 0.155. The van der Waals surface area contributed by atoms with Crippen molar-refractivity contribution in [1.29, 1.82) is 0 Å². The summed E-state index contributed by atoms with van der Waals surface area (Å²) in [6, 6.07) is 6.32. The number of aromatic amines is 1. The van der Waals surface area contributed by atoms with Gasteiger partial charge in [0.2, 0.25) is 0 Å². The molecule has 1 aromatic heterocycles. The molecule has 2 N–H and O–H groups in total. The molecule has 2 aromatic rings. The lowest BCUT2D eigenvalue weighted by Crippen LogP contribution is -2.13. The van der Waals surface area contributed by atoms with Gasteiger partial charge in [0.1, 0.15) is 5.75 Å². The first-order valence-corrected chi connectivity index (χ1v) is 9.18. The van der Waals surface area contributed by atoms with Crippen LogP contribution in [0, 0.1) is 6.92 Å². The van der Waals surface area contributed by atoms with E-state index in [1.54, 1.807) is 19.1 Å². The van der Waals surface area contributed by atoms with Crippen LogP contribution in [0.5, 0.6) is 5.75 Å². The fourth-order valence-electron chi connectivity index (χ4n) is 1.72. The van der Waals surface area contributed by atoms with Crippen molar-refractivity contribution in [3.63, 3.8) is 0 Å². The molecule has 0 saturated carbocycles. The number of nitrogens with one attached hydrogen (secondary N) is 2. The standard InChI is InChI=1S/C14H18BrN3O3S/c1-3-4-9-21-11-5-7-12(8-6-11)22(19,20)18-14-13(15)10(2)16-17-14/h5-8H,3-4,9H2,1-2H3,(H2,16,17,18). The summed E-state index contributed by atoms with van der Waals surface area (Å²) in [7, 11) is -3.68. The van der Waals surface area contributed by atoms with Crippen molar-refractivity contribution in [3.8, 4) is 5.75 Å². The van der Waals surface area contributed by atoms with Gasteiger partial charge in [-0.2, -0.15) is 5.10 Å². The predicted molar refractivity (Wildman–Crippen MR) is 88.7 cm³/mol. The van der Waals surface area contributed by atoms with Crippen molar-refractivity contribution in [3.05, 3.63) is 34.4 Å². The monoisotopic (exact) mass is 387 g/mol. The Morgan fingerprint density at radius 3 is 2.55 bits per heavy atom. The second-order valence-corrected chi connectivity index (χ2v) is 7.27. The molecule has 0 aliphatic carbocycles. The highest BCUT2D eigenvalue weighted by atomic mass is 79.9. The average molecular weight is 388 g/mol. The minimum atomic E-state index is -3.68. The van der Waals surface area contributed by atoms with Gasteiger partial charge >= 0.3 is 0 Å². The number of anilines is 1. The van der Waals surface area contributed by atoms with Crippen LogP contribution in [0.2, 0.25) is 0 Å². The third-order valence-electron chi connectivity index (χ3n) is 3.00. The van der Waals surface area contributed by atoms with E-state index in [1.807, 2.05) is 0 Å². The van der Waals surface area contributed by atoms with Gasteiger partial charge in [0, 0.05) is 5.69 Å². The SMILES string of the molecule is CCCCOc1ccc(S(=O)(=O)Nc2n[nH]c(C)c2Br)cc1. The molecule has 120 valence electrons. The van der Waals surface area contributed by atoms with Gasteiger partial charge in [0.15, 0.2) is 5.82 Å². The van der Waals surface area contributed by atoms with E-state index >= 15 is 0 Å². The first kappa shape index (κ1) is 16.8. The molecule has 0 radical (unpaired) electrons. The number of halogens is 1. The van der Waals surface area contributed by atoms with Crippen molar-refractivity contribution in [2.45, 2.75) is 31.6 Å². The van der Waals surface area contributed by atoms with Gasteiger partial charge < -0.3 is 4.74 Å². The molecule has 1 heterocycles. The number of aromatic nitrogens is 2. The highest BCUT2D eigenvalue weighted by molar-refractivity contribution is 9.10. The molecule has 0 amide bonds. The van der Waals surface area contributed by atoms with Gasteiger partial charge in [-0.15, -0.1) is 0 Å². The minimum Gasteiger partial charge on any atom is -0.494 e. The highest BCUT2D eigenvalue weighted by Crippen LogP contribution is 2.26. The lowest BCUT2D eigenvalue weighted by Gasteiger charge is -2.08. The van der Waals surface area contributed by atoms with Crippen LogP contribution >= 0.6 is 15.9 Å². The third kappa shape index (κ3) is 4.01. The van der Waals surface area contributed by atoms with E-state index < -0.39 is 10.0 Å². The molecule has 8 heteroatoms. The molecule has 0 spiro atoms. The van der Waals surface area contributed by atoms with Gasteiger partial charge in [-0.1, -0.05) is 13.3 Å². The first-order chi connectivity index (χ1) is 10.4. The Kier molecular flexibility index (Phi) is 5.47. The Labute approximate surface area is 138 Å². The fraction of sp³-hybridized carbons (Fsp3) is 0.357. The van der Waals surface area contributed by atoms with Gasteiger partial charge in [0.25, 0.3) is 10.0 Å². The zero-order chi connectivity index (χ0) is 16.2. The molecule has 1 aromatic carbocycles. The lowest BCUT2D eigenvalue weighted by atomic mass is 10.3. The summed E-state index contributed by atoms with van der Waals surface area (Å²) < 4.78 is 33.2. The van der Waals surface area contributed by atoms with Crippen molar-refractivity contribution < 1.29 is 13.2 Å². The molecule has 0 fully saturated rings. The van der Waals surface area contributed by atoms with E-state index in [4.69, 9.17) is 4.74 Å². The van der Waals surface area contributed by atoms with Gasteiger partial charge in [-0.25, -0.2) is 8.42 Å². The highest BCUT2D eigenvalue weighted by Gasteiger charge is 2.18. The van der Waals surface area contributed by atoms with Crippen LogP contribution in [0.1, 0.15) is 25.5 Å². The van der Waals surface area contributed by atoms with Crippen LogP contribution in [0.15, 0.2) is 33.6 Å². The molecule has 0 saturated heterocycles. The van der Waals surface area contributed by atoms with Gasteiger partial charge in [-0.3, -0.25) is 9.82 Å². The Morgan fingerprint density at radius 1 is 1.32 bits per heavy atom. The first-order valence-electron chi connectivity index (χ1n) is 6.90. The molecule has 0 aliphatic heterocycles. The quantitative estimate of drug-likeness (QED) is 0.712. The second-order valence-electron chi connectivity index (χ2n) is 4.79. The van der Waals surface area contributed by atoms with E-state index in [1.165, 1.54) is 12.1 Å². The third-order valence-corrected chi connectivity index (χ3v) is 5.33. The molecule has 2 rings (SSSR count). The van der Waals surface area contributed by atoms with Crippen molar-refractivity contribution in [2.75, 3.05) is 11.3 Å². The van der Waals surface area contributed by atoms with E-state index in [0.717, 1.165) is 18.5 Å². The van der Waals surface area contributed by atoms with Gasteiger partial charge in [0.05, 0.1) is 16.0 Å². The molecule has 6 nitrogen and oxygen atoms in total. The maximum Gasteiger partial charge on any atom is 0.263 e. The summed E-state index contributed by atoms with van der Waals surface area (Å²) >= 11 is 3.28. The van der Waals surface area contributed by atoms with Crippen LogP contribution in [-0.4, -0.2) is 25.2 Å². The molecule has 0 atom stereocenters. The normalized spacial score (nSPS) is 11.4. The van der Waals surface area contributed by atoms with E-state index in [-0.39, 0.29) is 10.7 Å². The molecule has 0 aliphatic rings. The maximum atomic E-state index is 12.3. The van der Waals surface area contributed by atoms with Crippen LogP contribution in [0.3, 0.4) is 0 Å². The molecule has 0 unspecified atom stereocenters. The Balaban J connectivity index is 2.11. The number of H-pyrrole nitrogens is 1. The number of hydrogen-bond acceptors (Lipinski definition) is 4. The number of nitrogens with zero attached hydrogens (tertiary/aromatic N) is 1. The van der Waals surface area contributed by atoms with Crippen molar-refractivity contribution >= 4 is 31.8 Å². The molecule has 22 heavy (non-hydrogen) atoms. The summed E-state index contributed by atoms with van der Waals surface area (Å²) in [6.07, 6.45) is 2.02. The van der Waals surface area contributed by atoms with E-state index in [0.29, 0.717) is 16.8 Å². The number of unbranched alkanes of at least 4 members (excludes halogenated alkanes) is 1. The zero-order valence-electron chi connectivity index (χ0n) is 12.4. The summed E-state index contributed by atoms with van der Waals surface area (Å²) in [6.45, 7) is 4.50. The number of rotatable bonds is 7. The van der Waals surface area contributed by atoms with Crippen LogP contribution < -0.4 is 9.46 Å². The fourth-order valence-corrected chi connectivity index (χ4v) is 3.14. The average Bonchev–Trinajstić information content (AvgIpc) is 2.80. The number of hydrogen-bond donors (Lipinski definition) is 2. The van der Waals surface area contributed by atoms with E-state index in [2.05, 4.69) is 37.8 Å². The van der Waals surface area contributed by atoms with Crippen molar-refractivity contribution in [2.24, 2.45) is 0 Å². The zero-order valence-corrected chi connectivity index (χ0v) is 14.8. The van der Waals surface area contributed by atoms with Crippen LogP contribution in [-0.2, 0) is 10.0 Å². The summed E-state index contributed by atoms with van der Waals surface area (Å²) in [5.41, 5.74) is 0.748. The van der Waals surface area contributed by atoms with Crippen LogP contribution in [0.4, 0.5) is 5.82 Å². The Morgan fingerprint density at radius 2 is 2.00 bits per heavy atom. The van der Waals surface area contributed by atoms with Crippen molar-refractivity contribution in [1.82, 2.24) is 10.2 Å². The molecule has 0 bridgehead atoms. The summed E-state index contributed by atoms with van der Waals surface area (Å²) in [5, 5.41) is 6.61. The largest absolute Gasteiger partial charge is 0.494 e. The number of benzene rings is 1. The second kappa shape index (κ2) is 7.15. The van der Waals surface area contributed by atoms with Crippen LogP contribution in [0.25, 0.3) is 0 Å². The van der Waals surface area contributed by atoms with E-state index in [9.17, 15) is 8.42 Å². The molecular formula is C14H18BrN3O3S. The summed E-state index contributed by atoms with van der Waals surface area (Å²) in [5.74, 6) is 0.893. The lowest BCUT2D eigenvalue weighted by molar-refractivity contribution is 0.309. The molecular weight excluding hydrogens is 370 g/mol. The topological polar surface area (TPSA) is 84.1 Å². The Bertz CT molecular complexity index is 726. The predicted octanol–water partition coefficient (Wildman–Crippen LogP) is 3.46. The van der Waals surface area contributed by atoms with Gasteiger partial charge in [-0.05, 0) is 53.5 Å². The Hall–Kier alpha value is -1.54. The maximum absolute atomic E-state index is 12.3. The minimum absolute atomic E-state index is 0.155.